The van der Waals surface area contributed by atoms with Gasteiger partial charge in [0, 0.05) is 11.5 Å². The van der Waals surface area contributed by atoms with Gasteiger partial charge in [-0.05, 0) is 38.7 Å². The minimum atomic E-state index is -0.309. The third-order valence-electron chi connectivity index (χ3n) is 3.76. The molecule has 0 radical (unpaired) electrons. The molecule has 2 atom stereocenters. The Morgan fingerprint density at radius 2 is 1.83 bits per heavy atom. The quantitative estimate of drug-likeness (QED) is 0.497. The van der Waals surface area contributed by atoms with Crippen molar-refractivity contribution in [1.82, 2.24) is 0 Å². The predicted octanol–water partition coefficient (Wildman–Crippen LogP) is 4.09. The molecule has 0 rings (SSSR count). The van der Waals surface area contributed by atoms with Crippen LogP contribution in [-0.2, 0) is 4.79 Å². The average molecular weight is 253 g/mol. The summed E-state index contributed by atoms with van der Waals surface area (Å²) in [6, 6.07) is 0. The van der Waals surface area contributed by atoms with Crippen LogP contribution in [0.25, 0.3) is 0 Å². The third-order valence-corrected chi connectivity index (χ3v) is 3.76. The van der Waals surface area contributed by atoms with E-state index in [-0.39, 0.29) is 23.2 Å². The molecule has 18 heavy (non-hydrogen) atoms. The summed E-state index contributed by atoms with van der Waals surface area (Å²) in [6.45, 7) is 13.8. The summed E-state index contributed by atoms with van der Waals surface area (Å²) < 4.78 is 0. The van der Waals surface area contributed by atoms with Crippen molar-refractivity contribution in [2.45, 2.75) is 72.3 Å². The van der Waals surface area contributed by atoms with Crippen molar-refractivity contribution in [3.05, 3.63) is 12.2 Å². The van der Waals surface area contributed by atoms with Crippen LogP contribution in [0.1, 0.15) is 66.7 Å². The zero-order valence-corrected chi connectivity index (χ0v) is 12.9. The predicted molar refractivity (Wildman–Crippen MR) is 79.5 cm³/mol. The summed E-state index contributed by atoms with van der Waals surface area (Å²) in [6.07, 6.45) is 5.92. The van der Waals surface area contributed by atoms with Gasteiger partial charge in [-0.2, -0.15) is 0 Å². The van der Waals surface area contributed by atoms with Gasteiger partial charge in [-0.25, -0.2) is 0 Å². The zero-order valence-electron chi connectivity index (χ0n) is 12.9. The van der Waals surface area contributed by atoms with Gasteiger partial charge in [-0.15, -0.1) is 0 Å². The Morgan fingerprint density at radius 3 is 2.22 bits per heavy atom. The molecule has 0 heterocycles. The molecular formula is C16H31NO. The highest BCUT2D eigenvalue weighted by molar-refractivity contribution is 5.96. The first-order valence-corrected chi connectivity index (χ1v) is 7.20. The third kappa shape index (κ3) is 5.81. The van der Waals surface area contributed by atoms with E-state index in [4.69, 9.17) is 5.73 Å². The van der Waals surface area contributed by atoms with Gasteiger partial charge in [-0.3, -0.25) is 4.79 Å². The van der Waals surface area contributed by atoms with Crippen molar-refractivity contribution in [2.75, 3.05) is 0 Å². The molecule has 0 saturated heterocycles. The lowest BCUT2D eigenvalue weighted by molar-refractivity contribution is -0.121. The van der Waals surface area contributed by atoms with Crippen molar-refractivity contribution >= 4 is 5.78 Å². The maximum absolute atomic E-state index is 12.1. The van der Waals surface area contributed by atoms with Crippen LogP contribution >= 0.6 is 0 Å². The summed E-state index contributed by atoms with van der Waals surface area (Å²) >= 11 is 0. The van der Waals surface area contributed by atoms with Crippen LogP contribution in [0.3, 0.4) is 0 Å². The number of hydrogen-bond donors (Lipinski definition) is 1. The minimum absolute atomic E-state index is 0.0240. The Kier molecular flexibility index (Phi) is 7.46. The summed E-state index contributed by atoms with van der Waals surface area (Å²) in [5.41, 5.74) is 6.59. The number of carbonyl (C=O) groups is 1. The number of nitrogens with two attached hydrogens (primary N) is 1. The molecule has 0 aromatic heterocycles. The number of hydrogen-bond acceptors (Lipinski definition) is 2. The van der Waals surface area contributed by atoms with Crippen molar-refractivity contribution in [2.24, 2.45) is 17.6 Å². The highest BCUT2D eigenvalue weighted by Crippen LogP contribution is 2.30. The average Bonchev–Trinajstić information content (AvgIpc) is 2.25. The number of Topliss-reactive ketones (excluding diaryl/α,β-unsaturated/α-hetero) is 1. The van der Waals surface area contributed by atoms with Crippen molar-refractivity contribution in [1.29, 1.82) is 0 Å². The van der Waals surface area contributed by atoms with Gasteiger partial charge < -0.3 is 5.73 Å². The van der Waals surface area contributed by atoms with Gasteiger partial charge in [-0.1, -0.05) is 46.1 Å². The van der Waals surface area contributed by atoms with E-state index in [0.29, 0.717) is 5.57 Å². The van der Waals surface area contributed by atoms with E-state index < -0.39 is 0 Å². The van der Waals surface area contributed by atoms with Crippen LogP contribution < -0.4 is 5.73 Å². The molecule has 2 N–H and O–H groups in total. The first-order chi connectivity index (χ1) is 8.21. The Morgan fingerprint density at radius 1 is 1.28 bits per heavy atom. The summed E-state index contributed by atoms with van der Waals surface area (Å²) in [5, 5.41) is 0. The Bertz CT molecular complexity index is 275. The normalized spacial score (nSPS) is 15.2. The lowest BCUT2D eigenvalue weighted by Crippen LogP contribution is -2.46. The highest BCUT2D eigenvalue weighted by atomic mass is 16.1. The summed E-state index contributed by atoms with van der Waals surface area (Å²) in [4.78, 5) is 12.1. The summed E-state index contributed by atoms with van der Waals surface area (Å²) in [7, 11) is 0. The maximum Gasteiger partial charge on any atom is 0.161 e. The van der Waals surface area contributed by atoms with Gasteiger partial charge >= 0.3 is 0 Å². The van der Waals surface area contributed by atoms with Crippen molar-refractivity contribution < 1.29 is 4.79 Å². The number of rotatable bonds is 9. The molecule has 2 unspecified atom stereocenters. The number of ketones is 1. The van der Waals surface area contributed by atoms with E-state index in [1.807, 2.05) is 20.8 Å². The van der Waals surface area contributed by atoms with Crippen LogP contribution in [0, 0.1) is 11.8 Å². The molecule has 0 aliphatic heterocycles. The van der Waals surface area contributed by atoms with Crippen LogP contribution in [-0.4, -0.2) is 11.3 Å². The SMILES string of the molecule is C=C(C)C(=O)C(C)C(CCCCCC)C(C)(C)N. The van der Waals surface area contributed by atoms with E-state index in [1.54, 1.807) is 6.92 Å². The molecule has 0 aliphatic rings. The zero-order chi connectivity index (χ0) is 14.3. The lowest BCUT2D eigenvalue weighted by atomic mass is 9.73. The molecular weight excluding hydrogens is 222 g/mol. The second-order valence-corrected chi connectivity index (χ2v) is 6.21. The fourth-order valence-corrected chi connectivity index (χ4v) is 2.63. The van der Waals surface area contributed by atoms with E-state index >= 15 is 0 Å². The molecule has 0 aliphatic carbocycles. The van der Waals surface area contributed by atoms with E-state index in [9.17, 15) is 4.79 Å². The Balaban J connectivity index is 4.59. The van der Waals surface area contributed by atoms with Gasteiger partial charge in [0.1, 0.15) is 0 Å². The van der Waals surface area contributed by atoms with Crippen molar-refractivity contribution in [3.8, 4) is 0 Å². The molecule has 106 valence electrons. The monoisotopic (exact) mass is 253 g/mol. The van der Waals surface area contributed by atoms with Crippen LogP contribution in [0.4, 0.5) is 0 Å². The maximum atomic E-state index is 12.1. The molecule has 2 nitrogen and oxygen atoms in total. The van der Waals surface area contributed by atoms with Crippen LogP contribution in [0.2, 0.25) is 0 Å². The molecule has 0 bridgehead atoms. The standard InChI is InChI=1S/C16H31NO/c1-7-8-9-10-11-14(16(5,6)17)13(4)15(18)12(2)3/h13-14H,2,7-11,17H2,1,3-6H3. The lowest BCUT2D eigenvalue weighted by Gasteiger charge is -2.35. The second kappa shape index (κ2) is 7.73. The molecule has 0 aromatic rings. The Labute approximate surface area is 113 Å². The molecule has 0 fully saturated rings. The number of carbonyl (C=O) groups excluding carboxylic acids is 1. The summed E-state index contributed by atoms with van der Waals surface area (Å²) in [5.74, 6) is 0.372. The molecule has 0 amide bonds. The van der Waals surface area contributed by atoms with Gasteiger partial charge in [0.2, 0.25) is 0 Å². The molecule has 0 spiro atoms. The first kappa shape index (κ1) is 17.4. The fraction of sp³-hybridized carbons (Fsp3) is 0.812. The largest absolute Gasteiger partial charge is 0.325 e. The molecule has 0 aromatic carbocycles. The van der Waals surface area contributed by atoms with Gasteiger partial charge in [0.15, 0.2) is 5.78 Å². The van der Waals surface area contributed by atoms with E-state index in [2.05, 4.69) is 13.5 Å². The second-order valence-electron chi connectivity index (χ2n) is 6.21. The minimum Gasteiger partial charge on any atom is -0.325 e. The topological polar surface area (TPSA) is 43.1 Å². The number of unbranched alkanes of at least 4 members (excludes halogenated alkanes) is 3. The highest BCUT2D eigenvalue weighted by Gasteiger charge is 2.33. The van der Waals surface area contributed by atoms with Crippen molar-refractivity contribution in [3.63, 3.8) is 0 Å². The van der Waals surface area contributed by atoms with E-state index in [0.717, 1.165) is 12.8 Å². The smallest absolute Gasteiger partial charge is 0.161 e. The van der Waals surface area contributed by atoms with Crippen LogP contribution in [0.5, 0.6) is 0 Å². The molecule has 0 saturated carbocycles. The van der Waals surface area contributed by atoms with Crippen LogP contribution in [0.15, 0.2) is 12.2 Å². The van der Waals surface area contributed by atoms with Gasteiger partial charge in [0.05, 0.1) is 0 Å². The fourth-order valence-electron chi connectivity index (χ4n) is 2.63. The molecule has 2 heteroatoms. The van der Waals surface area contributed by atoms with Gasteiger partial charge in [0.25, 0.3) is 0 Å². The van der Waals surface area contributed by atoms with E-state index in [1.165, 1.54) is 19.3 Å². The first-order valence-electron chi connectivity index (χ1n) is 7.20. The number of allylic oxidation sites excluding steroid dienone is 1. The Hall–Kier alpha value is -0.630.